The average Bonchev–Trinajstić information content (AvgIpc) is 1.60. The molecule has 25 rings (SSSR count). The second-order valence-corrected chi connectivity index (χ2v) is 32.7. The summed E-state index contributed by atoms with van der Waals surface area (Å²) in [6, 6.07) is 106. The molecular formula is C111H74B2N4O. The third-order valence-corrected chi connectivity index (χ3v) is 25.6. The highest BCUT2D eigenvalue weighted by Gasteiger charge is 2.54. The second-order valence-electron chi connectivity index (χ2n) is 32.7. The van der Waals surface area contributed by atoms with E-state index in [1.54, 1.807) is 16.7 Å². The third kappa shape index (κ3) is 9.41. The Morgan fingerprint density at radius 3 is 1.42 bits per heavy atom. The molecule has 6 aliphatic rings. The van der Waals surface area contributed by atoms with Gasteiger partial charge >= 0.3 is 0 Å². The van der Waals surface area contributed by atoms with Gasteiger partial charge in [0, 0.05) is 73.2 Å². The lowest BCUT2D eigenvalue weighted by Gasteiger charge is -2.46. The van der Waals surface area contributed by atoms with Crippen LogP contribution >= 0.6 is 0 Å². The Hall–Kier alpha value is -14.7. The number of nitrogens with zero attached hydrogens (tertiary/aromatic N) is 4. The molecule has 0 saturated carbocycles. The lowest BCUT2D eigenvalue weighted by Crippen LogP contribution is -2.64. The predicted octanol–water partition coefficient (Wildman–Crippen LogP) is 24.7. The molecule has 7 heteroatoms. The molecule has 0 atom stereocenters. The van der Waals surface area contributed by atoms with Crippen molar-refractivity contribution < 1.29 is 22.6 Å². The van der Waals surface area contributed by atoms with E-state index in [2.05, 4.69) is 278 Å². The highest BCUT2D eigenvalue weighted by atomic mass is 16.5. The van der Waals surface area contributed by atoms with Gasteiger partial charge in [-0.3, -0.25) is 0 Å². The molecule has 4 aliphatic heterocycles. The molecule has 0 fully saturated rings. The van der Waals surface area contributed by atoms with Crippen LogP contribution in [0.3, 0.4) is 0 Å². The fourth-order valence-corrected chi connectivity index (χ4v) is 20.8. The van der Waals surface area contributed by atoms with Crippen LogP contribution < -0.4 is 52.2 Å². The van der Waals surface area contributed by atoms with Gasteiger partial charge in [-0.1, -0.05) is 324 Å². The first kappa shape index (κ1) is 55.0. The Balaban J connectivity index is 0.793. The van der Waals surface area contributed by atoms with Crippen LogP contribution in [0.2, 0.25) is 0 Å². The van der Waals surface area contributed by atoms with Gasteiger partial charge in [0.05, 0.1) is 51.3 Å². The highest BCUT2D eigenvalue weighted by molar-refractivity contribution is 7.02. The minimum Gasteiger partial charge on any atom is -0.458 e. The molecule has 0 radical (unpaired) electrons. The molecule has 1 aromatic heterocycles. The first-order valence-corrected chi connectivity index (χ1v) is 40.3. The molecule has 0 unspecified atom stereocenters. The number of ether oxygens (including phenoxy) is 1. The Labute approximate surface area is 705 Å². The van der Waals surface area contributed by atoms with Crippen molar-refractivity contribution in [1.29, 1.82) is 0 Å². The summed E-state index contributed by atoms with van der Waals surface area (Å²) in [7, 11) is 0. The maximum atomic E-state index is 9.93. The Morgan fingerprint density at radius 2 is 0.805 bits per heavy atom. The minimum absolute atomic E-state index is 0.0186. The summed E-state index contributed by atoms with van der Waals surface area (Å²) < 4.78 is 131. The summed E-state index contributed by atoms with van der Waals surface area (Å²) >= 11 is 0. The quantitative estimate of drug-likeness (QED) is 0.142. The highest BCUT2D eigenvalue weighted by Crippen LogP contribution is 2.65. The van der Waals surface area contributed by atoms with Gasteiger partial charge in [-0.15, -0.1) is 0 Å². The van der Waals surface area contributed by atoms with Gasteiger partial charge in [-0.25, -0.2) is 0 Å². The number of anilines is 9. The zero-order chi connectivity index (χ0) is 89.1. The molecule has 118 heavy (non-hydrogen) atoms. The van der Waals surface area contributed by atoms with E-state index < -0.39 is 85.3 Å². The summed E-state index contributed by atoms with van der Waals surface area (Å²) in [6.07, 6.45) is 0. The van der Waals surface area contributed by atoms with E-state index in [1.807, 2.05) is 60.7 Å². The van der Waals surface area contributed by atoms with Gasteiger partial charge in [0.1, 0.15) is 11.5 Å². The second kappa shape index (κ2) is 25.2. The molecule has 0 amide bonds. The minimum atomic E-state index is -0.670. The van der Waals surface area contributed by atoms with Gasteiger partial charge in [0.15, 0.2) is 0 Å². The molecule has 5 heterocycles. The van der Waals surface area contributed by atoms with Gasteiger partial charge in [0.25, 0.3) is 13.4 Å². The zero-order valence-electron chi connectivity index (χ0n) is 77.4. The van der Waals surface area contributed by atoms with Gasteiger partial charge in [-0.2, -0.15) is 0 Å². The molecule has 550 valence electrons. The average molecular weight is 1510 g/mol. The molecule has 0 N–H and O–H groups in total. The first-order valence-electron chi connectivity index (χ1n) is 46.8. The molecular weight excluding hydrogens is 1430 g/mol. The van der Waals surface area contributed by atoms with Crippen molar-refractivity contribution in [3.63, 3.8) is 0 Å². The van der Waals surface area contributed by atoms with Crippen molar-refractivity contribution in [1.82, 2.24) is 4.57 Å². The van der Waals surface area contributed by atoms with Crippen molar-refractivity contribution >= 4 is 130 Å². The van der Waals surface area contributed by atoms with Crippen molar-refractivity contribution in [3.8, 4) is 83.9 Å². The van der Waals surface area contributed by atoms with Crippen LogP contribution in [0.25, 0.3) is 105 Å². The Bertz CT molecular complexity index is 8100. The van der Waals surface area contributed by atoms with Crippen LogP contribution in [0.15, 0.2) is 394 Å². The van der Waals surface area contributed by atoms with E-state index in [0.717, 1.165) is 105 Å². The van der Waals surface area contributed by atoms with E-state index >= 15 is 0 Å². The third-order valence-electron chi connectivity index (χ3n) is 25.6. The van der Waals surface area contributed by atoms with Crippen LogP contribution in [0.1, 0.15) is 66.4 Å². The van der Waals surface area contributed by atoms with Crippen molar-refractivity contribution in [2.75, 3.05) is 14.7 Å². The molecule has 19 aromatic rings. The molecule has 18 aromatic carbocycles. The molecule has 0 saturated heterocycles. The lowest BCUT2D eigenvalue weighted by atomic mass is 9.30. The largest absolute Gasteiger partial charge is 0.458 e. The van der Waals surface area contributed by atoms with E-state index in [0.29, 0.717) is 45.5 Å². The standard InChI is InChI=1S/C111H74B2N4O/c1-110(2,3)75-63-87(71-33-10-5-11-34-71)108(88(64-75)72-35-12-6-13-36-72)117-99-54-29-25-50-93(99)113-95-67-94-100(68-103(95)118-104-62-74-61-73(57-60-80(74)109(117)107(104)113)79-44-30-45-86-83-41-18-23-48-91(83)111(105(79)86)89-46-21-16-39-81(89)82-40-17-22-47-90(82)111)115(77-58-55-70(56-59-77)69-31-8-4-9-32-69)102-66-78(116-96-51-26-19-42-84(96)85-43-20-27-52-97(85)116)65-101-106(102)112(94)92-49-24-28-53-98(92)114(101)76-37-14-7-15-38-76/h4-68H,1-3H3/i4D,8D,9D,19D,20D,26D,27D,31D,32D,42D,43D,51D,52D. The number of aromatic nitrogens is 1. The van der Waals surface area contributed by atoms with Gasteiger partial charge < -0.3 is 24.0 Å². The predicted molar refractivity (Wildman–Crippen MR) is 495 cm³/mol. The van der Waals surface area contributed by atoms with Crippen molar-refractivity contribution in [2.45, 2.75) is 31.6 Å². The number of benzene rings is 18. The fraction of sp³-hybridized carbons (Fsp3) is 0.0450. The fourth-order valence-electron chi connectivity index (χ4n) is 20.8. The van der Waals surface area contributed by atoms with E-state index in [9.17, 15) is 11.0 Å². The summed E-state index contributed by atoms with van der Waals surface area (Å²) in [5.74, 6) is 1.19. The maximum Gasteiger partial charge on any atom is 0.256 e. The van der Waals surface area contributed by atoms with Crippen LogP contribution in [-0.2, 0) is 10.8 Å². The van der Waals surface area contributed by atoms with Crippen LogP contribution in [0.4, 0.5) is 51.2 Å². The normalized spacial score (nSPS) is 15.3. The Kier molecular flexibility index (Phi) is 11.7. The van der Waals surface area contributed by atoms with E-state index in [-0.39, 0.29) is 44.9 Å². The summed E-state index contributed by atoms with van der Waals surface area (Å²) in [5.41, 5.74) is 29.4. The first-order chi connectivity index (χ1) is 63.6. The van der Waals surface area contributed by atoms with E-state index in [1.165, 1.54) is 50.1 Å². The van der Waals surface area contributed by atoms with Crippen molar-refractivity contribution in [2.24, 2.45) is 0 Å². The van der Waals surface area contributed by atoms with Crippen molar-refractivity contribution in [3.05, 3.63) is 422 Å². The summed E-state index contributed by atoms with van der Waals surface area (Å²) in [6.45, 7) is 5.73. The Morgan fingerprint density at radius 1 is 0.305 bits per heavy atom. The van der Waals surface area contributed by atoms with Gasteiger partial charge in [0.2, 0.25) is 0 Å². The van der Waals surface area contributed by atoms with Crippen LogP contribution in [0, 0.1) is 0 Å². The number of hydrogen-bond donors (Lipinski definition) is 0. The SMILES string of the molecule is [2H]c1c([2H])c([2H])c(-c2ccc(N3c4cc5c(cc4B4c6ccccc6N(c6ccccc6)c6cc(-n7c8c([2H])c([2H])c([2H])c([2H])c8c8c([2H])c([2H])c([2H])c([2H])c87)cc3c64)B3c4ccccc4N(c4c(-c6ccccc6)cc(C(C)(C)C)cc4-c4ccccc4)c4c3c(cc3cc(-c6cccc7c6C6(c8ccccc8-c8ccccc86)c6ccccc6-7)ccc43)O5)cc2)c([2H])c1[2H]. The van der Waals surface area contributed by atoms with E-state index in [4.69, 9.17) is 11.6 Å². The number of fused-ring (bicyclic) bond motifs is 23. The maximum absolute atomic E-state index is 9.93. The number of rotatable bonds is 8. The lowest BCUT2D eigenvalue weighted by molar-refractivity contribution is 0.488. The molecule has 1 spiro atoms. The number of para-hydroxylation sites is 5. The molecule has 2 aliphatic carbocycles. The van der Waals surface area contributed by atoms with Gasteiger partial charge in [-0.05, 0) is 212 Å². The van der Waals surface area contributed by atoms with Crippen LogP contribution in [0.5, 0.6) is 11.5 Å². The van der Waals surface area contributed by atoms with Crippen LogP contribution in [-0.4, -0.2) is 18.0 Å². The monoisotopic (exact) mass is 1510 g/mol. The zero-order valence-corrected chi connectivity index (χ0v) is 64.4. The number of hydrogen-bond acceptors (Lipinski definition) is 4. The topological polar surface area (TPSA) is 23.9 Å². The smallest absolute Gasteiger partial charge is 0.256 e. The molecule has 5 nitrogen and oxygen atoms in total. The summed E-state index contributed by atoms with van der Waals surface area (Å²) in [4.78, 5) is 6.89. The summed E-state index contributed by atoms with van der Waals surface area (Å²) in [5, 5.41) is 1.79. The molecule has 0 bridgehead atoms.